The summed E-state index contributed by atoms with van der Waals surface area (Å²) in [5.41, 5.74) is -4.67. The van der Waals surface area contributed by atoms with Crippen LogP contribution in [0.1, 0.15) is 56.5 Å². The fourth-order valence-corrected chi connectivity index (χ4v) is 9.46. The lowest BCUT2D eigenvalue weighted by molar-refractivity contribution is -0.221. The summed E-state index contributed by atoms with van der Waals surface area (Å²) in [4.78, 5) is 61.4. The van der Waals surface area contributed by atoms with Crippen LogP contribution in [-0.4, -0.2) is 155 Å². The smallest absolute Gasteiger partial charge is 0.407 e. The van der Waals surface area contributed by atoms with Gasteiger partial charge in [0.1, 0.15) is 29.5 Å². The molecule has 3 aliphatic heterocycles. The van der Waals surface area contributed by atoms with Gasteiger partial charge in [0.15, 0.2) is 0 Å². The van der Waals surface area contributed by atoms with Gasteiger partial charge in [0.2, 0.25) is 5.91 Å². The molecule has 3 saturated heterocycles. The van der Waals surface area contributed by atoms with Crippen LogP contribution in [0.5, 0.6) is 0 Å². The fraction of sp³-hybridized carbons (Fsp3) is 0.500. The van der Waals surface area contributed by atoms with Crippen LogP contribution in [0.15, 0.2) is 67.0 Å². The maximum atomic E-state index is 16.0. The second-order valence-corrected chi connectivity index (χ2v) is 20.9. The number of hydrogen-bond acceptors (Lipinski definition) is 12. The average molecular weight is 1140 g/mol. The highest BCUT2D eigenvalue weighted by Gasteiger charge is 2.57. The number of carbonyl (C=O) groups excluding carboxylic acids is 3. The zero-order valence-electron chi connectivity index (χ0n) is 43.6. The number of amides is 4. The van der Waals surface area contributed by atoms with Crippen molar-refractivity contribution in [1.82, 2.24) is 46.0 Å². The standard InChI is InChI=1S/C52H58F10N10O8/c1-49(2,51(57,58)59)42(66-48(78)79-5)44(74)64-39(16-29-9-6-28(7-10-29)8-11-30-12-13-41(63-19-30)70-22-32-20-69(21-33(32)23-70)34-26-80-27-34)40(73)25-71(68-45(75)43(65-47(76)77)50(3,4)52(60,61)62)24-35-36(53)17-31(18-37(35)54)38-14-15-72(67-38)46(55)56/h6-7,9-10,12-15,17-19,32-34,39-40,42-43,46,65,73H,16,20-27H2,1-5H3,(H,64,74)(H,66,78)(H,68,75)(H,76,77)/t32-,33+,39?,40?,42?,43?. The zero-order valence-corrected chi connectivity index (χ0v) is 43.6. The lowest BCUT2D eigenvalue weighted by atomic mass is 9.82. The van der Waals surface area contributed by atoms with E-state index >= 15 is 8.78 Å². The number of methoxy groups -OCH3 is 1. The van der Waals surface area contributed by atoms with Crippen molar-refractivity contribution in [2.24, 2.45) is 22.7 Å². The highest BCUT2D eigenvalue weighted by Crippen LogP contribution is 2.42. The van der Waals surface area contributed by atoms with E-state index < -0.39 is 115 Å². The maximum Gasteiger partial charge on any atom is 0.407 e. The first-order chi connectivity index (χ1) is 37.4. The summed E-state index contributed by atoms with van der Waals surface area (Å²) in [5, 5.41) is 31.1. The number of fused-ring (bicyclic) bond motifs is 1. The Morgan fingerprint density at radius 1 is 0.812 bits per heavy atom. The van der Waals surface area contributed by atoms with E-state index in [0.717, 1.165) is 64.6 Å². The first-order valence-electron chi connectivity index (χ1n) is 24.9. The summed E-state index contributed by atoms with van der Waals surface area (Å²) in [7, 11) is 0.811. The van der Waals surface area contributed by atoms with Crippen LogP contribution >= 0.6 is 0 Å². The second kappa shape index (κ2) is 24.2. The number of carboxylic acid groups (broad SMARTS) is 1. The number of hydrazine groups is 1. The molecular formula is C52H58F10N10O8. The SMILES string of the molecule is COC(=O)NC(C(=O)NC(Cc1ccc(C#Cc2ccc(N3C[C@@H]4CN(C5COC5)C[C@@H]4C3)nc2)cc1)C(O)CN(Cc1c(F)cc(-c2ccn(C(F)F)n2)cc1F)NC(=O)C(NC(=O)O)C(C)(C)C(F)(F)F)C(C)(C)C(F)(F)F. The molecule has 0 bridgehead atoms. The molecule has 0 radical (unpaired) electrons. The van der Waals surface area contributed by atoms with Gasteiger partial charge in [0.05, 0.1) is 55.0 Å². The minimum absolute atomic E-state index is 0.188. The predicted molar refractivity (Wildman–Crippen MR) is 265 cm³/mol. The molecule has 3 aliphatic rings. The molecule has 0 saturated carbocycles. The molecule has 6 atom stereocenters. The number of aromatic nitrogens is 3. The van der Waals surface area contributed by atoms with E-state index in [2.05, 4.69) is 41.8 Å². The number of halogens is 10. The van der Waals surface area contributed by atoms with Crippen molar-refractivity contribution in [3.8, 4) is 23.1 Å². The third-order valence-corrected chi connectivity index (χ3v) is 14.7. The van der Waals surface area contributed by atoms with Crippen molar-refractivity contribution >= 4 is 29.8 Å². The number of benzene rings is 2. The third-order valence-electron chi connectivity index (χ3n) is 14.7. The normalized spacial score (nSPS) is 18.6. The van der Waals surface area contributed by atoms with Gasteiger partial charge in [-0.1, -0.05) is 24.0 Å². The predicted octanol–water partition coefficient (Wildman–Crippen LogP) is 6.24. The molecule has 7 rings (SSSR count). The summed E-state index contributed by atoms with van der Waals surface area (Å²) >= 11 is 0. The van der Waals surface area contributed by atoms with E-state index in [0.29, 0.717) is 73.8 Å². The van der Waals surface area contributed by atoms with Crippen LogP contribution in [0.25, 0.3) is 11.3 Å². The van der Waals surface area contributed by atoms with Gasteiger partial charge in [-0.25, -0.2) is 33.0 Å². The van der Waals surface area contributed by atoms with Gasteiger partial charge in [-0.2, -0.15) is 40.2 Å². The number of anilines is 1. The van der Waals surface area contributed by atoms with Crippen molar-refractivity contribution in [3.63, 3.8) is 0 Å². The highest BCUT2D eigenvalue weighted by molar-refractivity contribution is 5.87. The van der Waals surface area contributed by atoms with Crippen molar-refractivity contribution in [2.45, 2.75) is 89.8 Å². The molecule has 434 valence electrons. The van der Waals surface area contributed by atoms with Crippen LogP contribution in [0.3, 0.4) is 0 Å². The molecule has 0 aliphatic carbocycles. The third kappa shape index (κ3) is 14.0. The van der Waals surface area contributed by atoms with E-state index in [1.165, 1.54) is 29.6 Å². The molecule has 18 nitrogen and oxygen atoms in total. The van der Waals surface area contributed by atoms with Crippen LogP contribution in [-0.2, 0) is 32.0 Å². The Balaban J connectivity index is 1.17. The van der Waals surface area contributed by atoms with Crippen LogP contribution < -0.4 is 26.3 Å². The molecule has 2 aromatic carbocycles. The van der Waals surface area contributed by atoms with Crippen molar-refractivity contribution in [1.29, 1.82) is 0 Å². The van der Waals surface area contributed by atoms with Crippen molar-refractivity contribution in [3.05, 3.63) is 101 Å². The fourth-order valence-electron chi connectivity index (χ4n) is 9.46. The molecule has 3 fully saturated rings. The number of ether oxygens (including phenoxy) is 2. The first kappa shape index (κ1) is 60.4. The van der Waals surface area contributed by atoms with E-state index in [1.54, 1.807) is 6.20 Å². The molecule has 0 spiro atoms. The van der Waals surface area contributed by atoms with Gasteiger partial charge >= 0.3 is 31.1 Å². The number of nitrogens with one attached hydrogen (secondary N) is 4. The largest absolute Gasteiger partial charge is 0.465 e. The molecule has 28 heteroatoms. The Kier molecular flexibility index (Phi) is 18.3. The van der Waals surface area contributed by atoms with Gasteiger partial charge < -0.3 is 40.5 Å². The summed E-state index contributed by atoms with van der Waals surface area (Å²) in [6.07, 6.45) is -14.3. The Hall–Kier alpha value is -7.22. The van der Waals surface area contributed by atoms with Gasteiger partial charge in [0, 0.05) is 73.9 Å². The highest BCUT2D eigenvalue weighted by atomic mass is 19.4. The minimum Gasteiger partial charge on any atom is -0.465 e. The van der Waals surface area contributed by atoms with Crippen LogP contribution in [0.2, 0.25) is 0 Å². The van der Waals surface area contributed by atoms with Gasteiger partial charge in [-0.3, -0.25) is 19.9 Å². The number of aliphatic hydroxyl groups is 1. The second-order valence-electron chi connectivity index (χ2n) is 20.9. The number of pyridine rings is 1. The topological polar surface area (TPSA) is 216 Å². The Labute approximate surface area is 452 Å². The molecule has 80 heavy (non-hydrogen) atoms. The first-order valence-corrected chi connectivity index (χ1v) is 24.9. The minimum atomic E-state index is -5.28. The summed E-state index contributed by atoms with van der Waals surface area (Å²) in [6, 6.07) is 5.54. The van der Waals surface area contributed by atoms with Crippen molar-refractivity contribution < 1.29 is 82.8 Å². The Morgan fingerprint density at radius 3 is 1.89 bits per heavy atom. The molecule has 4 amide bonds. The Morgan fingerprint density at radius 2 is 1.39 bits per heavy atom. The quantitative estimate of drug-likeness (QED) is 0.0349. The number of alkyl halides is 8. The van der Waals surface area contributed by atoms with Crippen LogP contribution in [0, 0.1) is 46.1 Å². The number of hydrogen-bond donors (Lipinski definition) is 6. The van der Waals surface area contributed by atoms with E-state index in [9.17, 15) is 64.5 Å². The number of rotatable bonds is 19. The van der Waals surface area contributed by atoms with E-state index in [4.69, 9.17) is 4.74 Å². The molecular weight excluding hydrogens is 1080 g/mol. The average Bonchev–Trinajstić information content (AvgIpc) is 4.13. The molecule has 2 aromatic heterocycles. The Bertz CT molecular complexity index is 2890. The van der Waals surface area contributed by atoms with Crippen LogP contribution in [0.4, 0.5) is 59.3 Å². The lowest BCUT2D eigenvalue weighted by Crippen LogP contribution is -2.63. The summed E-state index contributed by atoms with van der Waals surface area (Å²) < 4.78 is 155. The molecule has 4 aromatic rings. The number of aliphatic hydroxyl groups excluding tert-OH is 1. The van der Waals surface area contributed by atoms with E-state index in [-0.39, 0.29) is 21.5 Å². The zero-order chi connectivity index (χ0) is 58.6. The van der Waals surface area contributed by atoms with Gasteiger partial charge in [-0.05, 0) is 94.0 Å². The number of likely N-dealkylation sites (tertiary alicyclic amines) is 1. The number of alkyl carbamates (subject to hydrolysis) is 1. The lowest BCUT2D eigenvalue weighted by Gasteiger charge is -2.38. The number of carbonyl (C=O) groups is 4. The monoisotopic (exact) mass is 1140 g/mol. The van der Waals surface area contributed by atoms with Gasteiger partial charge in [0.25, 0.3) is 5.91 Å². The summed E-state index contributed by atoms with van der Waals surface area (Å²) in [6.45, 7) is 1.96. The van der Waals surface area contributed by atoms with Gasteiger partial charge in [-0.15, -0.1) is 0 Å². The summed E-state index contributed by atoms with van der Waals surface area (Å²) in [5.74, 6) is 1.66. The van der Waals surface area contributed by atoms with E-state index in [1.807, 2.05) is 22.9 Å². The molecule has 4 unspecified atom stereocenters. The maximum absolute atomic E-state index is 16.0. The van der Waals surface area contributed by atoms with Crippen molar-refractivity contribution in [2.75, 3.05) is 57.9 Å². The number of nitrogens with zero attached hydrogens (tertiary/aromatic N) is 6. The molecule has 5 heterocycles. The molecule has 6 N–H and O–H groups in total.